The summed E-state index contributed by atoms with van der Waals surface area (Å²) in [6.45, 7) is 3.66. The van der Waals surface area contributed by atoms with E-state index >= 15 is 0 Å². The van der Waals surface area contributed by atoms with E-state index in [0.717, 1.165) is 32.0 Å². The van der Waals surface area contributed by atoms with Crippen LogP contribution in [0.2, 0.25) is 0 Å². The molecule has 1 aromatic heterocycles. The van der Waals surface area contributed by atoms with Crippen molar-refractivity contribution in [3.05, 3.63) is 18.5 Å². The first-order valence-electron chi connectivity index (χ1n) is 6.78. The minimum Gasteiger partial charge on any atom is -0.389 e. The lowest BCUT2D eigenvalue weighted by Gasteiger charge is -2.12. The van der Waals surface area contributed by atoms with Crippen LogP contribution in [0.4, 0.5) is 0 Å². The molecule has 2 rings (SSSR count). The summed E-state index contributed by atoms with van der Waals surface area (Å²) in [5, 5.41) is 17.0. The molecule has 1 aromatic rings. The average Bonchev–Trinajstić information content (AvgIpc) is 3.03. The summed E-state index contributed by atoms with van der Waals surface area (Å²) in [6, 6.07) is 1.92. The summed E-state index contributed by atoms with van der Waals surface area (Å²) < 4.78 is 7.34. The van der Waals surface area contributed by atoms with Crippen LogP contribution in [0.1, 0.15) is 19.3 Å². The summed E-state index contributed by atoms with van der Waals surface area (Å²) >= 11 is 0. The van der Waals surface area contributed by atoms with Crippen LogP contribution >= 0.6 is 0 Å². The Bertz CT molecular complexity index is 312. The molecule has 0 amide bonds. The predicted octanol–water partition coefficient (Wildman–Crippen LogP) is 0.650. The van der Waals surface area contributed by atoms with Crippen LogP contribution < -0.4 is 5.32 Å². The Hall–Kier alpha value is -0.910. The average molecular weight is 253 g/mol. The molecule has 0 aliphatic heterocycles. The van der Waals surface area contributed by atoms with E-state index in [1.807, 2.05) is 16.9 Å². The minimum absolute atomic E-state index is 0.395. The molecule has 102 valence electrons. The van der Waals surface area contributed by atoms with Crippen LogP contribution in [0, 0.1) is 5.92 Å². The van der Waals surface area contributed by atoms with Crippen molar-refractivity contribution in [1.29, 1.82) is 0 Å². The molecule has 0 radical (unpaired) electrons. The van der Waals surface area contributed by atoms with Crippen LogP contribution in [0.5, 0.6) is 0 Å². The maximum absolute atomic E-state index is 9.66. The van der Waals surface area contributed by atoms with Gasteiger partial charge in [0, 0.05) is 32.1 Å². The molecular weight excluding hydrogens is 230 g/mol. The number of ether oxygens (including phenoxy) is 1. The van der Waals surface area contributed by atoms with Crippen LogP contribution in [-0.4, -0.2) is 47.3 Å². The van der Waals surface area contributed by atoms with E-state index in [9.17, 15) is 5.11 Å². The third kappa shape index (κ3) is 5.62. The first kappa shape index (κ1) is 13.5. The van der Waals surface area contributed by atoms with Crippen molar-refractivity contribution in [2.45, 2.75) is 31.9 Å². The Morgan fingerprint density at radius 1 is 1.50 bits per heavy atom. The third-order valence-electron chi connectivity index (χ3n) is 3.04. The molecule has 0 saturated heterocycles. The molecular formula is C13H23N3O2. The van der Waals surface area contributed by atoms with Crippen molar-refractivity contribution in [3.8, 4) is 0 Å². The number of aromatic nitrogens is 2. The van der Waals surface area contributed by atoms with E-state index in [1.165, 1.54) is 12.8 Å². The van der Waals surface area contributed by atoms with E-state index < -0.39 is 6.10 Å². The highest BCUT2D eigenvalue weighted by molar-refractivity contribution is 4.77. The van der Waals surface area contributed by atoms with Gasteiger partial charge in [-0.1, -0.05) is 0 Å². The van der Waals surface area contributed by atoms with E-state index in [4.69, 9.17) is 4.74 Å². The van der Waals surface area contributed by atoms with Crippen molar-refractivity contribution < 1.29 is 9.84 Å². The summed E-state index contributed by atoms with van der Waals surface area (Å²) in [5.74, 6) is 0.763. The molecule has 1 aliphatic carbocycles. The van der Waals surface area contributed by atoms with Gasteiger partial charge in [0.25, 0.3) is 0 Å². The van der Waals surface area contributed by atoms with Crippen molar-refractivity contribution in [1.82, 2.24) is 15.1 Å². The fourth-order valence-electron chi connectivity index (χ4n) is 1.78. The number of nitrogens with one attached hydrogen (secondary N) is 1. The van der Waals surface area contributed by atoms with Gasteiger partial charge in [0.05, 0.1) is 12.7 Å². The maximum Gasteiger partial charge on any atom is 0.0897 e. The van der Waals surface area contributed by atoms with Crippen molar-refractivity contribution >= 4 is 0 Å². The van der Waals surface area contributed by atoms with E-state index in [0.29, 0.717) is 13.2 Å². The van der Waals surface area contributed by atoms with Crippen molar-refractivity contribution in [2.24, 2.45) is 5.92 Å². The largest absolute Gasteiger partial charge is 0.389 e. The molecule has 1 unspecified atom stereocenters. The smallest absolute Gasteiger partial charge is 0.0897 e. The van der Waals surface area contributed by atoms with Gasteiger partial charge >= 0.3 is 0 Å². The van der Waals surface area contributed by atoms with Crippen LogP contribution in [-0.2, 0) is 11.3 Å². The molecule has 2 N–H and O–H groups in total. The first-order valence-corrected chi connectivity index (χ1v) is 6.78. The summed E-state index contributed by atoms with van der Waals surface area (Å²) in [4.78, 5) is 0. The lowest BCUT2D eigenvalue weighted by molar-refractivity contribution is 0.0326. The SMILES string of the molecule is OC(CNCCCn1cccn1)COCC1CC1. The third-order valence-corrected chi connectivity index (χ3v) is 3.04. The van der Waals surface area contributed by atoms with Gasteiger partial charge in [0.15, 0.2) is 0 Å². The zero-order valence-corrected chi connectivity index (χ0v) is 10.8. The summed E-state index contributed by atoms with van der Waals surface area (Å²) in [6.07, 6.45) is 6.95. The Morgan fingerprint density at radius 2 is 2.39 bits per heavy atom. The second-order valence-corrected chi connectivity index (χ2v) is 4.96. The van der Waals surface area contributed by atoms with Gasteiger partial charge in [-0.15, -0.1) is 0 Å². The highest BCUT2D eigenvalue weighted by Gasteiger charge is 2.21. The molecule has 1 saturated carbocycles. The van der Waals surface area contributed by atoms with Crippen molar-refractivity contribution in [3.63, 3.8) is 0 Å². The number of aliphatic hydroxyl groups excluding tert-OH is 1. The molecule has 0 aromatic carbocycles. The second-order valence-electron chi connectivity index (χ2n) is 4.96. The molecule has 5 nitrogen and oxygen atoms in total. The van der Waals surface area contributed by atoms with E-state index in [1.54, 1.807) is 6.20 Å². The highest BCUT2D eigenvalue weighted by Crippen LogP contribution is 2.28. The quantitative estimate of drug-likeness (QED) is 0.601. The molecule has 5 heteroatoms. The van der Waals surface area contributed by atoms with E-state index in [-0.39, 0.29) is 0 Å². The number of rotatable bonds is 10. The predicted molar refractivity (Wildman–Crippen MR) is 69.3 cm³/mol. The Balaban J connectivity index is 1.39. The fraction of sp³-hybridized carbons (Fsp3) is 0.769. The standard InChI is InChI=1S/C13H23N3O2/c17-13(11-18-10-12-3-4-12)9-14-5-1-7-16-8-2-6-15-16/h2,6,8,12-14,17H,1,3-5,7,9-11H2. The molecule has 0 bridgehead atoms. The van der Waals surface area contributed by atoms with Gasteiger partial charge in [0.2, 0.25) is 0 Å². The molecule has 1 aliphatic rings. The van der Waals surface area contributed by atoms with Gasteiger partial charge in [0.1, 0.15) is 0 Å². The number of hydrogen-bond donors (Lipinski definition) is 2. The zero-order valence-electron chi connectivity index (χ0n) is 10.8. The topological polar surface area (TPSA) is 59.3 Å². The number of nitrogens with zero attached hydrogens (tertiary/aromatic N) is 2. The number of aryl methyl sites for hydroxylation is 1. The molecule has 0 spiro atoms. The Morgan fingerprint density at radius 3 is 3.11 bits per heavy atom. The Labute approximate surface area is 108 Å². The van der Waals surface area contributed by atoms with Crippen molar-refractivity contribution in [2.75, 3.05) is 26.3 Å². The van der Waals surface area contributed by atoms with Gasteiger partial charge in [-0.25, -0.2) is 0 Å². The van der Waals surface area contributed by atoms with Gasteiger partial charge in [-0.3, -0.25) is 4.68 Å². The summed E-state index contributed by atoms with van der Waals surface area (Å²) in [5.41, 5.74) is 0. The molecule has 1 heterocycles. The minimum atomic E-state index is -0.395. The van der Waals surface area contributed by atoms with Gasteiger partial charge < -0.3 is 15.2 Å². The van der Waals surface area contributed by atoms with Crippen LogP contribution in [0.15, 0.2) is 18.5 Å². The van der Waals surface area contributed by atoms with Gasteiger partial charge in [-0.05, 0) is 37.8 Å². The number of aliphatic hydroxyl groups is 1. The maximum atomic E-state index is 9.66. The van der Waals surface area contributed by atoms with Crippen LogP contribution in [0.3, 0.4) is 0 Å². The highest BCUT2D eigenvalue weighted by atomic mass is 16.5. The molecule has 18 heavy (non-hydrogen) atoms. The zero-order chi connectivity index (χ0) is 12.6. The lowest BCUT2D eigenvalue weighted by atomic mass is 10.3. The normalized spacial score (nSPS) is 16.9. The first-order chi connectivity index (χ1) is 8.84. The van der Waals surface area contributed by atoms with Crippen LogP contribution in [0.25, 0.3) is 0 Å². The Kier molecular flexibility index (Phi) is 5.64. The van der Waals surface area contributed by atoms with Gasteiger partial charge in [-0.2, -0.15) is 5.10 Å². The summed E-state index contributed by atoms with van der Waals surface area (Å²) in [7, 11) is 0. The molecule has 1 atom stereocenters. The monoisotopic (exact) mass is 253 g/mol. The molecule has 1 fully saturated rings. The lowest BCUT2D eigenvalue weighted by Crippen LogP contribution is -2.31. The number of hydrogen-bond acceptors (Lipinski definition) is 4. The second kappa shape index (κ2) is 7.51. The fourth-order valence-corrected chi connectivity index (χ4v) is 1.78. The van der Waals surface area contributed by atoms with E-state index in [2.05, 4.69) is 10.4 Å².